The van der Waals surface area contributed by atoms with Crippen LogP contribution < -0.4 is 0 Å². The minimum atomic E-state index is -3.38. The zero-order valence-corrected chi connectivity index (χ0v) is 25.0. The van der Waals surface area contributed by atoms with Gasteiger partial charge in [0.2, 0.25) is 5.78 Å². The molecule has 0 unspecified atom stereocenters. The quantitative estimate of drug-likeness (QED) is 0.0826. The van der Waals surface area contributed by atoms with Gasteiger partial charge in [0.1, 0.15) is 15.5 Å². The van der Waals surface area contributed by atoms with Crippen LogP contribution in [0.4, 0.5) is 0 Å². The SMILES string of the molecule is C=C/C=C/C(=O)O/N=C(\CCS(C)(=O)=O)C(=O)c1ccc(Sc2ccc(C(=O)C(C)(C)N3CCOCC3)cc2)cc1. The van der Waals surface area contributed by atoms with Gasteiger partial charge in [-0.1, -0.05) is 47.8 Å². The summed E-state index contributed by atoms with van der Waals surface area (Å²) in [6, 6.07) is 14.1. The summed E-state index contributed by atoms with van der Waals surface area (Å²) >= 11 is 1.46. The molecule has 11 heteroatoms. The normalized spacial score (nSPS) is 15.0. The number of nitrogens with zero attached hydrogens (tertiary/aromatic N) is 2. The second kappa shape index (κ2) is 14.5. The van der Waals surface area contributed by atoms with E-state index in [4.69, 9.17) is 9.57 Å². The van der Waals surface area contributed by atoms with Crippen LogP contribution in [-0.4, -0.2) is 80.4 Å². The van der Waals surface area contributed by atoms with Crippen LogP contribution in [0.5, 0.6) is 0 Å². The highest BCUT2D eigenvalue weighted by atomic mass is 32.2. The molecule has 3 rings (SSSR count). The number of ether oxygens (including phenoxy) is 1. The van der Waals surface area contributed by atoms with E-state index in [-0.39, 0.29) is 29.2 Å². The van der Waals surface area contributed by atoms with Gasteiger partial charge in [-0.25, -0.2) is 13.2 Å². The number of carbonyl (C=O) groups excluding carboxylic acids is 3. The van der Waals surface area contributed by atoms with Crippen LogP contribution in [0.3, 0.4) is 0 Å². The Morgan fingerprint density at radius 2 is 1.59 bits per heavy atom. The minimum Gasteiger partial charge on any atom is -0.379 e. The third kappa shape index (κ3) is 9.60. The number of morpholine rings is 1. The Bertz CT molecular complexity index is 1420. The van der Waals surface area contributed by atoms with Crippen molar-refractivity contribution in [2.75, 3.05) is 38.3 Å². The Morgan fingerprint density at radius 3 is 2.12 bits per heavy atom. The molecular formula is C30H34N2O7S2. The molecule has 1 aliphatic rings. The molecule has 1 heterocycles. The topological polar surface area (TPSA) is 119 Å². The lowest BCUT2D eigenvalue weighted by atomic mass is 9.91. The maximum atomic E-state index is 13.2. The average molecular weight is 599 g/mol. The summed E-state index contributed by atoms with van der Waals surface area (Å²) in [4.78, 5) is 46.7. The molecular weight excluding hydrogens is 564 g/mol. The third-order valence-corrected chi connectivity index (χ3v) is 8.37. The van der Waals surface area contributed by atoms with Crippen LogP contribution in [0.1, 0.15) is 41.0 Å². The molecule has 0 N–H and O–H groups in total. The number of carbonyl (C=O) groups is 3. The van der Waals surface area contributed by atoms with Crippen molar-refractivity contribution in [3.05, 3.63) is 84.5 Å². The van der Waals surface area contributed by atoms with Crippen molar-refractivity contribution >= 4 is 44.8 Å². The molecule has 2 aromatic carbocycles. The van der Waals surface area contributed by atoms with Crippen molar-refractivity contribution in [1.82, 2.24) is 4.90 Å². The Kier molecular flexibility index (Phi) is 11.4. The van der Waals surface area contributed by atoms with Gasteiger partial charge in [0.05, 0.1) is 24.5 Å². The smallest absolute Gasteiger partial charge is 0.358 e. The number of hydrogen-bond donors (Lipinski definition) is 0. The molecule has 0 saturated carbocycles. The molecule has 0 atom stereocenters. The summed E-state index contributed by atoms with van der Waals surface area (Å²) in [6.45, 7) is 9.99. The maximum absolute atomic E-state index is 13.2. The molecule has 0 spiro atoms. The first kappa shape index (κ1) is 32.1. The summed E-state index contributed by atoms with van der Waals surface area (Å²) in [7, 11) is -3.38. The Hall–Kier alpha value is -3.38. The van der Waals surface area contributed by atoms with E-state index in [1.54, 1.807) is 24.3 Å². The van der Waals surface area contributed by atoms with Crippen LogP contribution in [-0.2, 0) is 24.2 Å². The summed E-state index contributed by atoms with van der Waals surface area (Å²) in [5.74, 6) is -1.64. The van der Waals surface area contributed by atoms with Crippen molar-refractivity contribution in [2.45, 2.75) is 35.6 Å². The molecule has 9 nitrogen and oxygen atoms in total. The largest absolute Gasteiger partial charge is 0.379 e. The maximum Gasteiger partial charge on any atom is 0.358 e. The first-order valence-electron chi connectivity index (χ1n) is 13.0. The highest BCUT2D eigenvalue weighted by molar-refractivity contribution is 7.99. The van der Waals surface area contributed by atoms with E-state index >= 15 is 0 Å². The molecule has 0 aliphatic carbocycles. The standard InChI is InChI=1S/C30H34N2O7S2/c1-5-6-7-27(33)39-31-26(16-21-41(4,36)37)28(34)22-8-12-24(13-9-22)40-25-14-10-23(11-15-25)29(35)30(2,3)32-17-19-38-20-18-32/h5-15H,1,16-21H2,2-4H3/b7-6+,31-26+. The molecule has 41 heavy (non-hydrogen) atoms. The molecule has 218 valence electrons. The van der Waals surface area contributed by atoms with Gasteiger partial charge in [0.25, 0.3) is 0 Å². The van der Waals surface area contributed by atoms with Gasteiger partial charge in [-0.2, -0.15) is 0 Å². The lowest BCUT2D eigenvalue weighted by Gasteiger charge is -2.39. The zero-order chi connectivity index (χ0) is 30.0. The van der Waals surface area contributed by atoms with Crippen molar-refractivity contribution in [2.24, 2.45) is 5.16 Å². The molecule has 2 aromatic rings. The van der Waals surface area contributed by atoms with Gasteiger partial charge in [-0.3, -0.25) is 14.5 Å². The molecule has 0 amide bonds. The first-order valence-corrected chi connectivity index (χ1v) is 15.8. The van der Waals surface area contributed by atoms with E-state index in [0.717, 1.165) is 22.1 Å². The van der Waals surface area contributed by atoms with Crippen LogP contribution >= 0.6 is 11.8 Å². The summed E-state index contributed by atoms with van der Waals surface area (Å²) in [6.07, 6.45) is 4.65. The summed E-state index contributed by atoms with van der Waals surface area (Å²) in [5.41, 5.74) is 0.0839. The van der Waals surface area contributed by atoms with E-state index in [1.165, 1.54) is 23.9 Å². The third-order valence-electron chi connectivity index (χ3n) is 6.41. The lowest BCUT2D eigenvalue weighted by molar-refractivity contribution is -0.137. The molecule has 0 radical (unpaired) electrons. The predicted octanol–water partition coefficient (Wildman–Crippen LogP) is 4.39. The molecule has 1 saturated heterocycles. The first-order chi connectivity index (χ1) is 19.4. The number of oxime groups is 1. The van der Waals surface area contributed by atoms with Crippen LogP contribution in [0.25, 0.3) is 0 Å². The van der Waals surface area contributed by atoms with Gasteiger partial charge in [-0.05, 0) is 50.2 Å². The minimum absolute atomic E-state index is 0.0505. The Balaban J connectivity index is 1.69. The van der Waals surface area contributed by atoms with Gasteiger partial charge in [-0.15, -0.1) is 0 Å². The number of rotatable bonds is 13. The van der Waals surface area contributed by atoms with Gasteiger partial charge in [0, 0.05) is 52.8 Å². The predicted molar refractivity (Wildman–Crippen MR) is 159 cm³/mol. The second-order valence-corrected chi connectivity index (χ2v) is 13.3. The van der Waals surface area contributed by atoms with E-state index < -0.39 is 27.1 Å². The number of Topliss-reactive ketones (excluding diaryl/α,β-unsaturated/α-hetero) is 2. The summed E-state index contributed by atoms with van der Waals surface area (Å²) in [5, 5.41) is 3.64. The fraction of sp³-hybridized carbons (Fsp3) is 0.333. The highest BCUT2D eigenvalue weighted by Crippen LogP contribution is 2.29. The van der Waals surface area contributed by atoms with Gasteiger partial charge < -0.3 is 9.57 Å². The fourth-order valence-electron chi connectivity index (χ4n) is 4.03. The number of hydrogen-bond acceptors (Lipinski definition) is 10. The van der Waals surface area contributed by atoms with Crippen molar-refractivity contribution in [3.63, 3.8) is 0 Å². The Morgan fingerprint density at radius 1 is 1.02 bits per heavy atom. The van der Waals surface area contributed by atoms with E-state index in [0.29, 0.717) is 31.9 Å². The number of sulfone groups is 1. The monoisotopic (exact) mass is 598 g/mol. The van der Waals surface area contributed by atoms with Crippen LogP contribution in [0, 0.1) is 0 Å². The lowest BCUT2D eigenvalue weighted by Crippen LogP contribution is -2.54. The van der Waals surface area contributed by atoms with E-state index in [1.807, 2.05) is 38.1 Å². The van der Waals surface area contributed by atoms with Gasteiger partial charge in [0.15, 0.2) is 5.78 Å². The summed E-state index contributed by atoms with van der Waals surface area (Å²) < 4.78 is 28.7. The molecule has 1 fully saturated rings. The zero-order valence-electron chi connectivity index (χ0n) is 23.4. The van der Waals surface area contributed by atoms with Crippen LogP contribution in [0.15, 0.2) is 88.3 Å². The molecule has 1 aliphatic heterocycles. The highest BCUT2D eigenvalue weighted by Gasteiger charge is 2.35. The van der Waals surface area contributed by atoms with Crippen molar-refractivity contribution in [1.29, 1.82) is 0 Å². The second-order valence-electron chi connectivity index (χ2n) is 9.89. The number of benzene rings is 2. The van der Waals surface area contributed by atoms with Crippen molar-refractivity contribution in [3.8, 4) is 0 Å². The van der Waals surface area contributed by atoms with E-state index in [9.17, 15) is 22.8 Å². The Labute approximate surface area is 245 Å². The average Bonchev–Trinajstić information content (AvgIpc) is 2.96. The molecule has 0 bridgehead atoms. The number of ketones is 2. The van der Waals surface area contributed by atoms with Crippen molar-refractivity contribution < 1.29 is 32.4 Å². The molecule has 0 aromatic heterocycles. The van der Waals surface area contributed by atoms with Gasteiger partial charge >= 0.3 is 5.97 Å². The number of allylic oxidation sites excluding steroid dienone is 2. The van der Waals surface area contributed by atoms with E-state index in [2.05, 4.69) is 16.6 Å². The van der Waals surface area contributed by atoms with Crippen LogP contribution in [0.2, 0.25) is 0 Å². The fourth-order valence-corrected chi connectivity index (χ4v) is 5.41.